The second kappa shape index (κ2) is 7.34. The molecular formula is C19H22N4O5S. The van der Waals surface area contributed by atoms with E-state index in [9.17, 15) is 19.7 Å². The number of aromatic nitrogens is 2. The van der Waals surface area contributed by atoms with Crippen LogP contribution in [0.3, 0.4) is 0 Å². The first kappa shape index (κ1) is 19.7. The van der Waals surface area contributed by atoms with Crippen molar-refractivity contribution < 1.29 is 14.5 Å². The highest BCUT2D eigenvalue weighted by molar-refractivity contribution is 8.00. The molecule has 2 aliphatic rings. The third-order valence-electron chi connectivity index (χ3n) is 5.28. The minimum Gasteiger partial charge on any atom is -0.375 e. The molecule has 1 aromatic carbocycles. The van der Waals surface area contributed by atoms with Crippen LogP contribution in [0.4, 0.5) is 11.5 Å². The van der Waals surface area contributed by atoms with E-state index in [0.717, 1.165) is 0 Å². The van der Waals surface area contributed by atoms with Crippen LogP contribution in [0.2, 0.25) is 0 Å². The summed E-state index contributed by atoms with van der Waals surface area (Å²) in [5.41, 5.74) is 0.369. The van der Waals surface area contributed by atoms with E-state index >= 15 is 0 Å². The molecule has 2 N–H and O–H groups in total. The van der Waals surface area contributed by atoms with Gasteiger partial charge in [0.05, 0.1) is 33.1 Å². The molecular weight excluding hydrogens is 396 g/mol. The van der Waals surface area contributed by atoms with Gasteiger partial charge < -0.3 is 10.1 Å². The number of hydrogen-bond acceptors (Lipinski definition) is 6. The molecule has 0 spiro atoms. The number of nitro groups is 1. The summed E-state index contributed by atoms with van der Waals surface area (Å²) in [5.74, 6) is 0.397. The third kappa shape index (κ3) is 3.82. The van der Waals surface area contributed by atoms with Crippen molar-refractivity contribution in [3.05, 3.63) is 55.9 Å². The lowest BCUT2D eigenvalue weighted by atomic mass is 9.94. The van der Waals surface area contributed by atoms with E-state index in [4.69, 9.17) is 4.74 Å². The van der Waals surface area contributed by atoms with Crippen LogP contribution in [-0.2, 0) is 9.53 Å². The maximum Gasteiger partial charge on any atom is 0.270 e. The second-order valence-corrected chi connectivity index (χ2v) is 9.01. The normalized spacial score (nSPS) is 23.7. The van der Waals surface area contributed by atoms with Gasteiger partial charge in [-0.25, -0.2) is 0 Å². The number of non-ortho nitro benzene ring substituents is 1. The summed E-state index contributed by atoms with van der Waals surface area (Å²) >= 11 is 1.29. The summed E-state index contributed by atoms with van der Waals surface area (Å²) in [6, 6.07) is 6.20. The smallest absolute Gasteiger partial charge is 0.270 e. The molecule has 0 aliphatic carbocycles. The molecule has 2 atom stereocenters. The van der Waals surface area contributed by atoms with Gasteiger partial charge >= 0.3 is 0 Å². The number of amides is 1. The predicted molar refractivity (Wildman–Crippen MR) is 109 cm³/mol. The van der Waals surface area contributed by atoms with E-state index in [1.54, 1.807) is 16.8 Å². The number of H-pyrrole nitrogens is 1. The second-order valence-electron chi connectivity index (χ2n) is 7.92. The van der Waals surface area contributed by atoms with Gasteiger partial charge in [0.1, 0.15) is 5.82 Å². The fraction of sp³-hybridized carbons (Fsp3) is 0.474. The summed E-state index contributed by atoms with van der Waals surface area (Å²) in [6.07, 6.45) is 1.40. The standard InChI is InChI=1S/C19H22N4O5S/c1-19(2)9-13(6-7-28-19)22-17-15(18(25)21-22)16(29-10-14(24)20-17)11-4-3-5-12(8-11)23(26)27/h3-5,8,13,16H,6-7,9-10H2,1-2H3,(H,20,24)(H,21,25)/t13-,16-/m1/s1. The molecule has 1 amide bonds. The molecule has 1 saturated heterocycles. The Bertz CT molecular complexity index is 1030. The Labute approximate surface area is 170 Å². The van der Waals surface area contributed by atoms with Crippen LogP contribution in [-0.4, -0.2) is 38.6 Å². The molecule has 10 heteroatoms. The molecule has 154 valence electrons. The Morgan fingerprint density at radius 1 is 1.34 bits per heavy atom. The molecule has 1 aromatic heterocycles. The van der Waals surface area contributed by atoms with Gasteiger partial charge in [0, 0.05) is 18.7 Å². The maximum absolute atomic E-state index is 12.9. The van der Waals surface area contributed by atoms with E-state index in [1.165, 1.54) is 23.9 Å². The summed E-state index contributed by atoms with van der Waals surface area (Å²) in [6.45, 7) is 4.56. The van der Waals surface area contributed by atoms with Crippen LogP contribution in [0, 0.1) is 10.1 Å². The molecule has 1 fully saturated rings. The van der Waals surface area contributed by atoms with Crippen molar-refractivity contribution in [3.8, 4) is 0 Å². The van der Waals surface area contributed by atoms with Crippen LogP contribution in [0.1, 0.15) is 49.1 Å². The van der Waals surface area contributed by atoms with Gasteiger partial charge in [0.15, 0.2) is 0 Å². The van der Waals surface area contributed by atoms with Crippen LogP contribution in [0.15, 0.2) is 29.1 Å². The number of benzene rings is 1. The van der Waals surface area contributed by atoms with Crippen molar-refractivity contribution in [2.24, 2.45) is 0 Å². The number of nitrogens with one attached hydrogen (secondary N) is 2. The lowest BCUT2D eigenvalue weighted by Gasteiger charge is -2.36. The third-order valence-corrected chi connectivity index (χ3v) is 6.55. The minimum absolute atomic E-state index is 0.0237. The molecule has 0 unspecified atom stereocenters. The molecule has 2 aromatic rings. The van der Waals surface area contributed by atoms with Crippen molar-refractivity contribution in [3.63, 3.8) is 0 Å². The molecule has 4 rings (SSSR count). The zero-order valence-electron chi connectivity index (χ0n) is 16.1. The Balaban J connectivity index is 1.81. The number of thioether (sulfide) groups is 1. The Morgan fingerprint density at radius 3 is 2.86 bits per heavy atom. The zero-order valence-corrected chi connectivity index (χ0v) is 17.0. The minimum atomic E-state index is -0.485. The quantitative estimate of drug-likeness (QED) is 0.584. The van der Waals surface area contributed by atoms with Gasteiger partial charge in [0.25, 0.3) is 11.2 Å². The molecule has 0 saturated carbocycles. The van der Waals surface area contributed by atoms with Crippen LogP contribution in [0.5, 0.6) is 0 Å². The number of ether oxygens (including phenoxy) is 1. The number of hydrogen-bond donors (Lipinski definition) is 2. The molecule has 29 heavy (non-hydrogen) atoms. The van der Waals surface area contributed by atoms with Gasteiger partial charge in [-0.1, -0.05) is 12.1 Å². The molecule has 0 bridgehead atoms. The summed E-state index contributed by atoms with van der Waals surface area (Å²) < 4.78 is 7.53. The lowest BCUT2D eigenvalue weighted by Crippen LogP contribution is -2.36. The topological polar surface area (TPSA) is 119 Å². The number of anilines is 1. The Kier molecular flexibility index (Phi) is 4.99. The SMILES string of the molecule is CC1(C)C[C@H](n2[nH]c(=O)c3c2NC(=O)CS[C@@H]3c2cccc([N+](=O)[O-])c2)CCO1. The van der Waals surface area contributed by atoms with E-state index in [2.05, 4.69) is 10.4 Å². The first-order valence-electron chi connectivity index (χ1n) is 9.39. The average molecular weight is 418 g/mol. The number of aromatic amines is 1. The Hall–Kier alpha value is -2.59. The van der Waals surface area contributed by atoms with E-state index in [1.807, 2.05) is 13.8 Å². The van der Waals surface area contributed by atoms with Gasteiger partial charge in [-0.3, -0.25) is 29.5 Å². The summed E-state index contributed by atoms with van der Waals surface area (Å²) in [7, 11) is 0. The zero-order chi connectivity index (χ0) is 20.8. The highest BCUT2D eigenvalue weighted by atomic mass is 32.2. The first-order chi connectivity index (χ1) is 13.7. The highest BCUT2D eigenvalue weighted by Gasteiger charge is 2.36. The van der Waals surface area contributed by atoms with Crippen LogP contribution < -0.4 is 10.9 Å². The largest absolute Gasteiger partial charge is 0.375 e. The highest BCUT2D eigenvalue weighted by Crippen LogP contribution is 2.42. The average Bonchev–Trinajstić information content (AvgIpc) is 2.87. The number of nitrogens with zero attached hydrogens (tertiary/aromatic N) is 2. The van der Waals surface area contributed by atoms with Crippen molar-refractivity contribution in [2.75, 3.05) is 17.7 Å². The molecule has 0 radical (unpaired) electrons. The van der Waals surface area contributed by atoms with Crippen LogP contribution >= 0.6 is 11.8 Å². The van der Waals surface area contributed by atoms with Crippen molar-refractivity contribution >= 4 is 29.2 Å². The van der Waals surface area contributed by atoms with Crippen molar-refractivity contribution in [1.29, 1.82) is 0 Å². The van der Waals surface area contributed by atoms with Gasteiger partial charge in [0.2, 0.25) is 5.91 Å². The molecule has 9 nitrogen and oxygen atoms in total. The van der Waals surface area contributed by atoms with Gasteiger partial charge in [-0.15, -0.1) is 11.8 Å². The monoisotopic (exact) mass is 418 g/mol. The van der Waals surface area contributed by atoms with Gasteiger partial charge in [-0.2, -0.15) is 0 Å². The van der Waals surface area contributed by atoms with E-state index < -0.39 is 10.2 Å². The Morgan fingerprint density at radius 2 is 2.14 bits per heavy atom. The predicted octanol–water partition coefficient (Wildman–Crippen LogP) is 2.99. The molecule has 2 aliphatic heterocycles. The fourth-order valence-electron chi connectivity index (χ4n) is 4.00. The van der Waals surface area contributed by atoms with Crippen LogP contribution in [0.25, 0.3) is 0 Å². The molecule has 3 heterocycles. The van der Waals surface area contributed by atoms with Crippen molar-refractivity contribution in [1.82, 2.24) is 9.78 Å². The number of carbonyl (C=O) groups excluding carboxylic acids is 1. The lowest BCUT2D eigenvalue weighted by molar-refractivity contribution is -0.384. The maximum atomic E-state index is 12.9. The number of rotatable bonds is 3. The number of fused-ring (bicyclic) bond motifs is 1. The van der Waals surface area contributed by atoms with Gasteiger partial charge in [-0.05, 0) is 32.3 Å². The number of nitro benzene ring substituents is 1. The van der Waals surface area contributed by atoms with E-state index in [-0.39, 0.29) is 34.5 Å². The fourth-order valence-corrected chi connectivity index (χ4v) is 5.12. The number of carbonyl (C=O) groups is 1. The van der Waals surface area contributed by atoms with E-state index in [0.29, 0.717) is 36.4 Å². The summed E-state index contributed by atoms with van der Waals surface area (Å²) in [4.78, 5) is 36.0. The van der Waals surface area contributed by atoms with Crippen molar-refractivity contribution in [2.45, 2.75) is 43.6 Å². The summed E-state index contributed by atoms with van der Waals surface area (Å²) in [5, 5.41) is 16.5. The first-order valence-corrected chi connectivity index (χ1v) is 10.4.